The van der Waals surface area contributed by atoms with E-state index < -0.39 is 10.0 Å². The Morgan fingerprint density at radius 2 is 2.20 bits per heavy atom. The van der Waals surface area contributed by atoms with Crippen LogP contribution in [0.3, 0.4) is 0 Å². The molecule has 0 spiro atoms. The van der Waals surface area contributed by atoms with Crippen LogP contribution >= 0.6 is 22.9 Å². The van der Waals surface area contributed by atoms with Crippen molar-refractivity contribution in [1.82, 2.24) is 19.5 Å². The normalized spacial score (nSPS) is 12.4. The van der Waals surface area contributed by atoms with Gasteiger partial charge in [-0.3, -0.25) is 4.99 Å². The van der Waals surface area contributed by atoms with Crippen molar-refractivity contribution < 1.29 is 8.42 Å². The lowest BCUT2D eigenvalue weighted by Gasteiger charge is -2.22. The number of rotatable bonds is 7. The average Bonchev–Trinajstić information content (AvgIpc) is 3.18. The Balaban J connectivity index is 1.83. The third kappa shape index (κ3) is 5.46. The molecule has 0 atom stereocenters. The van der Waals surface area contributed by atoms with Gasteiger partial charge in [-0.05, 0) is 17.5 Å². The molecule has 2 rings (SSSR count). The van der Waals surface area contributed by atoms with Crippen molar-refractivity contribution in [2.45, 2.75) is 10.8 Å². The molecule has 0 bridgehead atoms. The van der Waals surface area contributed by atoms with E-state index in [2.05, 4.69) is 15.0 Å². The molecule has 0 fully saturated rings. The summed E-state index contributed by atoms with van der Waals surface area (Å²) in [5.41, 5.74) is 1.05. The van der Waals surface area contributed by atoms with E-state index in [1.165, 1.54) is 11.3 Å². The Hall–Kier alpha value is -1.55. The summed E-state index contributed by atoms with van der Waals surface area (Å²) in [6, 6.07) is 5.20. The number of halogens is 1. The van der Waals surface area contributed by atoms with Crippen molar-refractivity contribution in [1.29, 1.82) is 0 Å². The van der Waals surface area contributed by atoms with Gasteiger partial charge in [0.1, 0.15) is 4.21 Å². The first-order chi connectivity index (χ1) is 11.8. The number of hydrogen-bond acceptors (Lipinski definition) is 4. The third-order valence-corrected chi connectivity index (χ3v) is 6.57. The first kappa shape index (κ1) is 19.8. The fourth-order valence-electron chi connectivity index (χ4n) is 2.27. The number of guanidine groups is 1. The van der Waals surface area contributed by atoms with Crippen LogP contribution in [0.5, 0.6) is 0 Å². The number of nitrogens with one attached hydrogen (secondary N) is 2. The summed E-state index contributed by atoms with van der Waals surface area (Å²) >= 11 is 7.19. The maximum absolute atomic E-state index is 12.0. The first-order valence-electron chi connectivity index (χ1n) is 7.59. The molecule has 2 heterocycles. The molecule has 2 aromatic rings. The molecule has 0 amide bonds. The van der Waals surface area contributed by atoms with E-state index in [9.17, 15) is 8.42 Å². The minimum absolute atomic E-state index is 0.267. The van der Waals surface area contributed by atoms with Crippen molar-refractivity contribution in [2.75, 3.05) is 27.2 Å². The molecule has 10 heteroatoms. The van der Waals surface area contributed by atoms with Crippen molar-refractivity contribution in [3.63, 3.8) is 0 Å². The van der Waals surface area contributed by atoms with Crippen LogP contribution in [0.15, 0.2) is 39.0 Å². The second-order valence-corrected chi connectivity index (χ2v) is 8.80. The highest BCUT2D eigenvalue weighted by molar-refractivity contribution is 7.91. The number of thiophene rings is 1. The monoisotopic (exact) mass is 403 g/mol. The molecule has 0 aliphatic heterocycles. The van der Waals surface area contributed by atoms with Gasteiger partial charge in [0.15, 0.2) is 5.96 Å². The van der Waals surface area contributed by atoms with Gasteiger partial charge in [-0.1, -0.05) is 17.7 Å². The van der Waals surface area contributed by atoms with Crippen LogP contribution in [0.25, 0.3) is 0 Å². The smallest absolute Gasteiger partial charge is 0.250 e. The maximum atomic E-state index is 12.0. The zero-order chi connectivity index (χ0) is 18.4. The van der Waals surface area contributed by atoms with Gasteiger partial charge in [-0.15, -0.1) is 11.3 Å². The fourth-order valence-corrected chi connectivity index (χ4v) is 4.61. The zero-order valence-electron chi connectivity index (χ0n) is 14.4. The Morgan fingerprint density at radius 1 is 1.44 bits per heavy atom. The number of sulfonamides is 1. The van der Waals surface area contributed by atoms with E-state index in [1.807, 2.05) is 35.8 Å². The maximum Gasteiger partial charge on any atom is 0.250 e. The molecule has 25 heavy (non-hydrogen) atoms. The van der Waals surface area contributed by atoms with E-state index in [0.29, 0.717) is 28.3 Å². The lowest BCUT2D eigenvalue weighted by atomic mass is 10.4. The third-order valence-electron chi connectivity index (χ3n) is 3.51. The molecule has 7 nitrogen and oxygen atoms in total. The van der Waals surface area contributed by atoms with Crippen molar-refractivity contribution in [3.8, 4) is 0 Å². The predicted molar refractivity (Wildman–Crippen MR) is 103 cm³/mol. The molecule has 138 valence electrons. The molecule has 0 aromatic carbocycles. The molecule has 0 saturated heterocycles. The summed E-state index contributed by atoms with van der Waals surface area (Å²) < 4.78 is 28.9. The molecule has 0 radical (unpaired) electrons. The number of hydrogen-bond donors (Lipinski definition) is 2. The summed E-state index contributed by atoms with van der Waals surface area (Å²) in [6.07, 6.45) is 1.85. The molecule has 0 saturated carbocycles. The van der Waals surface area contributed by atoms with Crippen molar-refractivity contribution >= 4 is 38.9 Å². The van der Waals surface area contributed by atoms with Gasteiger partial charge in [0, 0.05) is 46.1 Å². The Morgan fingerprint density at radius 3 is 2.76 bits per heavy atom. The van der Waals surface area contributed by atoms with Crippen LogP contribution in [-0.4, -0.2) is 51.0 Å². The standard InChI is InChI=1S/C15H22ClN5O2S2/c1-17-15(21(3)11-13-9-12(16)10-20(13)2)18-6-7-19-25(22,23)14-5-4-8-24-14/h4-5,8-10,19H,6-7,11H2,1-3H3,(H,17,18). The molecule has 2 aromatic heterocycles. The van der Waals surface area contributed by atoms with E-state index >= 15 is 0 Å². The van der Waals surface area contributed by atoms with Crippen LogP contribution in [-0.2, 0) is 23.6 Å². The average molecular weight is 404 g/mol. The van der Waals surface area contributed by atoms with E-state index in [0.717, 1.165) is 5.69 Å². The van der Waals surface area contributed by atoms with Crippen LogP contribution in [0, 0.1) is 0 Å². The first-order valence-corrected chi connectivity index (χ1v) is 10.3. The van der Waals surface area contributed by atoms with Gasteiger partial charge in [0.2, 0.25) is 10.0 Å². The number of aryl methyl sites for hydroxylation is 1. The molecular formula is C15H22ClN5O2S2. The highest BCUT2D eigenvalue weighted by Gasteiger charge is 2.14. The quantitative estimate of drug-likeness (QED) is 0.419. The number of nitrogens with zero attached hydrogens (tertiary/aromatic N) is 3. The largest absolute Gasteiger partial charge is 0.355 e. The Bertz CT molecular complexity index is 815. The summed E-state index contributed by atoms with van der Waals surface area (Å²) in [6.45, 7) is 1.32. The summed E-state index contributed by atoms with van der Waals surface area (Å²) in [5.74, 6) is 0.674. The lowest BCUT2D eigenvalue weighted by molar-refractivity contribution is 0.462. The van der Waals surface area contributed by atoms with Gasteiger partial charge in [0.05, 0.1) is 11.6 Å². The molecule has 0 unspecified atom stereocenters. The topological polar surface area (TPSA) is 78.7 Å². The van der Waals surface area contributed by atoms with Crippen LogP contribution < -0.4 is 10.0 Å². The molecule has 2 N–H and O–H groups in total. The summed E-state index contributed by atoms with van der Waals surface area (Å²) in [7, 11) is 2.09. The SMILES string of the molecule is CN=C(NCCNS(=O)(=O)c1cccs1)N(C)Cc1cc(Cl)cn1C. The van der Waals surface area contributed by atoms with Crippen LogP contribution in [0.4, 0.5) is 0 Å². The highest BCUT2D eigenvalue weighted by Crippen LogP contribution is 2.15. The number of aliphatic imine (C=N–C) groups is 1. The second kappa shape index (κ2) is 8.70. The van der Waals surface area contributed by atoms with Crippen molar-refractivity contribution in [2.24, 2.45) is 12.0 Å². The van der Waals surface area contributed by atoms with E-state index in [1.54, 1.807) is 24.6 Å². The van der Waals surface area contributed by atoms with E-state index in [4.69, 9.17) is 11.6 Å². The summed E-state index contributed by atoms with van der Waals surface area (Å²) in [4.78, 5) is 6.16. The zero-order valence-corrected chi connectivity index (χ0v) is 16.7. The Kier molecular flexibility index (Phi) is 6.88. The minimum atomic E-state index is -3.44. The molecule has 0 aliphatic carbocycles. The van der Waals surface area contributed by atoms with Crippen LogP contribution in [0.1, 0.15) is 5.69 Å². The van der Waals surface area contributed by atoms with Crippen molar-refractivity contribution in [3.05, 3.63) is 40.5 Å². The second-order valence-electron chi connectivity index (χ2n) is 5.42. The molecule has 0 aliphatic rings. The predicted octanol–water partition coefficient (Wildman–Crippen LogP) is 1.73. The Labute approximate surface area is 157 Å². The van der Waals surface area contributed by atoms with Gasteiger partial charge >= 0.3 is 0 Å². The minimum Gasteiger partial charge on any atom is -0.355 e. The summed E-state index contributed by atoms with van der Waals surface area (Å²) in [5, 5.41) is 5.57. The number of aromatic nitrogens is 1. The van der Waals surface area contributed by atoms with Gasteiger partial charge < -0.3 is 14.8 Å². The van der Waals surface area contributed by atoms with E-state index in [-0.39, 0.29) is 6.54 Å². The molecular weight excluding hydrogens is 382 g/mol. The van der Waals surface area contributed by atoms with Crippen LogP contribution in [0.2, 0.25) is 5.02 Å². The fraction of sp³-hybridized carbons (Fsp3) is 0.400. The van der Waals surface area contributed by atoms with Gasteiger partial charge in [-0.25, -0.2) is 13.1 Å². The van der Waals surface area contributed by atoms with Gasteiger partial charge in [-0.2, -0.15) is 0 Å². The highest BCUT2D eigenvalue weighted by atomic mass is 35.5. The lowest BCUT2D eigenvalue weighted by Crippen LogP contribution is -2.42. The van der Waals surface area contributed by atoms with Gasteiger partial charge in [0.25, 0.3) is 0 Å².